The number of benzene rings is 1. The van der Waals surface area contributed by atoms with E-state index in [2.05, 4.69) is 0 Å². The van der Waals surface area contributed by atoms with Gasteiger partial charge in [0.15, 0.2) is 0 Å². The normalized spacial score (nSPS) is 15.6. The smallest absolute Gasteiger partial charge is 0.253 e. The zero-order valence-electron chi connectivity index (χ0n) is 12.0. The Morgan fingerprint density at radius 3 is 2.48 bits per heavy atom. The molecule has 118 valence electrons. The van der Waals surface area contributed by atoms with Gasteiger partial charge in [0.25, 0.3) is 5.91 Å². The van der Waals surface area contributed by atoms with Crippen molar-refractivity contribution in [2.45, 2.75) is 25.4 Å². The van der Waals surface area contributed by atoms with E-state index < -0.39 is 0 Å². The van der Waals surface area contributed by atoms with Crippen molar-refractivity contribution in [1.29, 1.82) is 0 Å². The van der Waals surface area contributed by atoms with Gasteiger partial charge in [0.2, 0.25) is 0 Å². The van der Waals surface area contributed by atoms with Crippen molar-refractivity contribution < 1.29 is 13.9 Å². The number of carbonyl (C=O) groups excluding carboxylic acids is 1. The second-order valence-corrected chi connectivity index (χ2v) is 5.01. The van der Waals surface area contributed by atoms with Gasteiger partial charge in [0, 0.05) is 25.3 Å². The van der Waals surface area contributed by atoms with E-state index in [1.54, 1.807) is 4.90 Å². The van der Waals surface area contributed by atoms with Gasteiger partial charge in [-0.05, 0) is 50.1 Å². The number of nitrogens with zero attached hydrogens (tertiary/aromatic N) is 1. The molecule has 0 unspecified atom stereocenters. The quantitative estimate of drug-likeness (QED) is 0.847. The third kappa shape index (κ3) is 5.26. The van der Waals surface area contributed by atoms with Crippen molar-refractivity contribution in [3.63, 3.8) is 0 Å². The predicted octanol–water partition coefficient (Wildman–Crippen LogP) is 2.22. The third-order valence-electron chi connectivity index (χ3n) is 3.52. The first-order valence-corrected chi connectivity index (χ1v) is 7.07. The largest absolute Gasteiger partial charge is 0.378 e. The molecular weight excluding hydrogens is 295 g/mol. The van der Waals surface area contributed by atoms with Crippen LogP contribution in [0, 0.1) is 5.82 Å². The number of likely N-dealkylation sites (tertiary alicyclic amines) is 1. The van der Waals surface area contributed by atoms with Crippen LogP contribution >= 0.6 is 12.4 Å². The summed E-state index contributed by atoms with van der Waals surface area (Å²) in [5.41, 5.74) is 5.96. The minimum Gasteiger partial charge on any atom is -0.378 e. The van der Waals surface area contributed by atoms with Gasteiger partial charge in [-0.3, -0.25) is 4.79 Å². The van der Waals surface area contributed by atoms with E-state index in [0.717, 1.165) is 19.3 Å². The monoisotopic (exact) mass is 316 g/mol. The minimum atomic E-state index is -0.325. The van der Waals surface area contributed by atoms with E-state index in [0.29, 0.717) is 31.8 Å². The Bertz CT molecular complexity index is 434. The highest BCUT2D eigenvalue weighted by Crippen LogP contribution is 2.16. The number of ether oxygens (including phenoxy) is 1. The molecule has 0 spiro atoms. The van der Waals surface area contributed by atoms with Crippen molar-refractivity contribution in [1.82, 2.24) is 4.90 Å². The summed E-state index contributed by atoms with van der Waals surface area (Å²) in [7, 11) is 0. The molecule has 1 aromatic rings. The molecule has 0 atom stereocenters. The molecule has 2 N–H and O–H groups in total. The van der Waals surface area contributed by atoms with Crippen molar-refractivity contribution >= 4 is 18.3 Å². The lowest BCUT2D eigenvalue weighted by atomic mass is 10.1. The predicted molar refractivity (Wildman–Crippen MR) is 82.2 cm³/mol. The lowest BCUT2D eigenvalue weighted by Crippen LogP contribution is -2.41. The second-order valence-electron chi connectivity index (χ2n) is 5.01. The lowest BCUT2D eigenvalue weighted by molar-refractivity contribution is 0.00844. The third-order valence-corrected chi connectivity index (χ3v) is 3.52. The van der Waals surface area contributed by atoms with Crippen molar-refractivity contribution in [3.05, 3.63) is 35.6 Å². The van der Waals surface area contributed by atoms with E-state index in [9.17, 15) is 9.18 Å². The van der Waals surface area contributed by atoms with Crippen LogP contribution in [-0.4, -0.2) is 43.2 Å². The van der Waals surface area contributed by atoms with Gasteiger partial charge in [-0.15, -0.1) is 12.4 Å². The molecule has 2 rings (SSSR count). The second kappa shape index (κ2) is 8.97. The zero-order chi connectivity index (χ0) is 14.4. The first kappa shape index (κ1) is 17.9. The molecule has 1 aliphatic rings. The fraction of sp³-hybridized carbons (Fsp3) is 0.533. The number of rotatable bonds is 5. The first-order chi connectivity index (χ1) is 9.70. The summed E-state index contributed by atoms with van der Waals surface area (Å²) >= 11 is 0. The Balaban J connectivity index is 0.00000220. The molecule has 1 fully saturated rings. The molecule has 0 saturated carbocycles. The lowest BCUT2D eigenvalue weighted by Gasteiger charge is -2.32. The molecule has 0 bridgehead atoms. The fourth-order valence-electron chi connectivity index (χ4n) is 2.33. The maximum absolute atomic E-state index is 12.8. The van der Waals surface area contributed by atoms with Crippen LogP contribution in [0.5, 0.6) is 0 Å². The van der Waals surface area contributed by atoms with Crippen LogP contribution in [0.4, 0.5) is 4.39 Å². The average Bonchev–Trinajstić information content (AvgIpc) is 2.48. The molecule has 1 saturated heterocycles. The van der Waals surface area contributed by atoms with Gasteiger partial charge < -0.3 is 15.4 Å². The van der Waals surface area contributed by atoms with Gasteiger partial charge in [0.05, 0.1) is 6.10 Å². The number of amides is 1. The Morgan fingerprint density at radius 1 is 1.29 bits per heavy atom. The van der Waals surface area contributed by atoms with Crippen LogP contribution in [0.1, 0.15) is 29.6 Å². The van der Waals surface area contributed by atoms with Crippen LogP contribution in [0.2, 0.25) is 0 Å². The maximum Gasteiger partial charge on any atom is 0.253 e. The number of hydrogen-bond donors (Lipinski definition) is 1. The highest BCUT2D eigenvalue weighted by atomic mass is 35.5. The molecule has 0 aliphatic carbocycles. The molecule has 0 aromatic heterocycles. The summed E-state index contributed by atoms with van der Waals surface area (Å²) in [5, 5.41) is 0. The van der Waals surface area contributed by atoms with E-state index in [-0.39, 0.29) is 30.2 Å². The summed E-state index contributed by atoms with van der Waals surface area (Å²) < 4.78 is 18.5. The standard InChI is InChI=1S/C15H21FN2O2.ClH/c16-13-4-2-12(3-5-13)15(19)18-9-6-14(7-10-18)20-11-1-8-17;/h2-5,14H,1,6-11,17H2;1H. The number of hydrogen-bond acceptors (Lipinski definition) is 3. The van der Waals surface area contributed by atoms with Crippen LogP contribution in [0.15, 0.2) is 24.3 Å². The molecule has 1 heterocycles. The summed E-state index contributed by atoms with van der Waals surface area (Å²) in [6, 6.07) is 5.69. The van der Waals surface area contributed by atoms with Crippen molar-refractivity contribution in [3.8, 4) is 0 Å². The SMILES string of the molecule is Cl.NCCCOC1CCN(C(=O)c2ccc(F)cc2)CC1. The van der Waals surface area contributed by atoms with Gasteiger partial charge in [-0.1, -0.05) is 0 Å². The van der Waals surface area contributed by atoms with Crippen LogP contribution in [-0.2, 0) is 4.74 Å². The fourth-order valence-corrected chi connectivity index (χ4v) is 2.33. The number of piperidine rings is 1. The van der Waals surface area contributed by atoms with Crippen molar-refractivity contribution in [2.75, 3.05) is 26.2 Å². The Kier molecular flexibility index (Phi) is 7.64. The van der Waals surface area contributed by atoms with E-state index in [1.807, 2.05) is 0 Å². The highest BCUT2D eigenvalue weighted by Gasteiger charge is 2.23. The zero-order valence-corrected chi connectivity index (χ0v) is 12.8. The molecule has 21 heavy (non-hydrogen) atoms. The summed E-state index contributed by atoms with van der Waals surface area (Å²) in [6.45, 7) is 2.70. The van der Waals surface area contributed by atoms with Crippen LogP contribution in [0.3, 0.4) is 0 Å². The van der Waals surface area contributed by atoms with E-state index in [1.165, 1.54) is 24.3 Å². The van der Waals surface area contributed by atoms with Crippen molar-refractivity contribution in [2.24, 2.45) is 5.73 Å². The molecule has 0 radical (unpaired) electrons. The van der Waals surface area contributed by atoms with E-state index >= 15 is 0 Å². The number of nitrogens with two attached hydrogens (primary N) is 1. The topological polar surface area (TPSA) is 55.6 Å². The molecule has 4 nitrogen and oxygen atoms in total. The molecule has 1 aliphatic heterocycles. The van der Waals surface area contributed by atoms with Crippen LogP contribution < -0.4 is 5.73 Å². The summed E-state index contributed by atoms with van der Waals surface area (Å²) in [5.74, 6) is -0.362. The first-order valence-electron chi connectivity index (χ1n) is 7.07. The number of carbonyl (C=O) groups is 1. The minimum absolute atomic E-state index is 0. The Labute approximate surface area is 130 Å². The molecule has 1 aromatic carbocycles. The van der Waals surface area contributed by atoms with Gasteiger partial charge in [0.1, 0.15) is 5.82 Å². The molecule has 6 heteroatoms. The summed E-state index contributed by atoms with van der Waals surface area (Å²) in [4.78, 5) is 14.0. The average molecular weight is 317 g/mol. The summed E-state index contributed by atoms with van der Waals surface area (Å²) in [6.07, 6.45) is 2.78. The van der Waals surface area contributed by atoms with Gasteiger partial charge in [-0.25, -0.2) is 4.39 Å². The Hall–Kier alpha value is -1.17. The van der Waals surface area contributed by atoms with Gasteiger partial charge in [-0.2, -0.15) is 0 Å². The molecular formula is C15H22ClFN2O2. The number of halogens is 2. The highest BCUT2D eigenvalue weighted by molar-refractivity contribution is 5.94. The van der Waals surface area contributed by atoms with Gasteiger partial charge >= 0.3 is 0 Å². The van der Waals surface area contributed by atoms with Crippen LogP contribution in [0.25, 0.3) is 0 Å². The molecule has 1 amide bonds. The maximum atomic E-state index is 12.8. The van der Waals surface area contributed by atoms with E-state index in [4.69, 9.17) is 10.5 Å². The Morgan fingerprint density at radius 2 is 1.90 bits per heavy atom.